The largest absolute Gasteiger partial charge is 0.344 e. The number of aromatic nitrogens is 1. The first-order valence-electron chi connectivity index (χ1n) is 11.4. The molecule has 1 aromatic heterocycles. The maximum atomic E-state index is 13.0. The Morgan fingerprint density at radius 2 is 1.62 bits per heavy atom. The molecular weight excluding hydrogens is 474 g/mol. The van der Waals surface area contributed by atoms with E-state index in [4.69, 9.17) is 0 Å². The van der Waals surface area contributed by atoms with Crippen LogP contribution in [-0.4, -0.2) is 97.6 Å². The molecule has 34 heavy (non-hydrogen) atoms. The van der Waals surface area contributed by atoms with Crippen LogP contribution in [0.15, 0.2) is 29.2 Å². The Bertz CT molecular complexity index is 1120. The third-order valence-electron chi connectivity index (χ3n) is 5.90. The number of sulfonamides is 1. The van der Waals surface area contributed by atoms with E-state index in [2.05, 4.69) is 9.88 Å². The first kappa shape index (κ1) is 26.3. The molecule has 2 heterocycles. The van der Waals surface area contributed by atoms with E-state index in [0.717, 1.165) is 10.7 Å². The van der Waals surface area contributed by atoms with Gasteiger partial charge in [0, 0.05) is 58.9 Å². The summed E-state index contributed by atoms with van der Waals surface area (Å²) in [5, 5.41) is 0.896. The molecule has 0 aliphatic carbocycles. The van der Waals surface area contributed by atoms with Gasteiger partial charge in [0.25, 0.3) is 11.8 Å². The molecule has 1 aliphatic heterocycles. The van der Waals surface area contributed by atoms with Crippen LogP contribution in [0.25, 0.3) is 0 Å². The molecule has 186 valence electrons. The van der Waals surface area contributed by atoms with Crippen molar-refractivity contribution in [3.8, 4) is 0 Å². The number of hydrogen-bond donors (Lipinski definition) is 0. The monoisotopic (exact) mass is 507 g/mol. The molecule has 2 aromatic rings. The van der Waals surface area contributed by atoms with Gasteiger partial charge in [-0.25, -0.2) is 13.4 Å². The van der Waals surface area contributed by atoms with E-state index < -0.39 is 10.0 Å². The SMILES string of the molecule is CCN(CC)S(=O)(=O)c1ccc(C(=O)N2CCN(Cc3nc(C)c(C(=O)N(C)C)s3)CC2)cc1. The molecule has 0 atom stereocenters. The van der Waals surface area contributed by atoms with Crippen LogP contribution >= 0.6 is 11.3 Å². The molecule has 0 unspecified atom stereocenters. The van der Waals surface area contributed by atoms with Crippen LogP contribution in [0.5, 0.6) is 0 Å². The lowest BCUT2D eigenvalue weighted by molar-refractivity contribution is 0.0628. The highest BCUT2D eigenvalue weighted by Crippen LogP contribution is 2.22. The summed E-state index contributed by atoms with van der Waals surface area (Å²) in [6, 6.07) is 6.20. The van der Waals surface area contributed by atoms with Gasteiger partial charge in [0.05, 0.1) is 17.1 Å². The fourth-order valence-corrected chi connectivity index (χ4v) is 6.47. The van der Waals surface area contributed by atoms with Crippen LogP contribution in [0.1, 0.15) is 44.6 Å². The van der Waals surface area contributed by atoms with Crippen LogP contribution in [0, 0.1) is 6.92 Å². The summed E-state index contributed by atoms with van der Waals surface area (Å²) in [4.78, 5) is 36.2. The second-order valence-electron chi connectivity index (χ2n) is 8.40. The Balaban J connectivity index is 1.59. The fourth-order valence-electron chi connectivity index (χ4n) is 3.89. The number of piperazine rings is 1. The molecular formula is C23H33N5O4S2. The number of amides is 2. The summed E-state index contributed by atoms with van der Waals surface area (Å²) in [6.07, 6.45) is 0. The first-order chi connectivity index (χ1) is 16.1. The van der Waals surface area contributed by atoms with E-state index in [9.17, 15) is 18.0 Å². The van der Waals surface area contributed by atoms with Crippen molar-refractivity contribution in [1.82, 2.24) is 24.0 Å². The Kier molecular flexibility index (Phi) is 8.45. The number of rotatable bonds is 8. The van der Waals surface area contributed by atoms with Gasteiger partial charge in [0.15, 0.2) is 0 Å². The van der Waals surface area contributed by atoms with E-state index in [1.54, 1.807) is 49.9 Å². The number of nitrogens with zero attached hydrogens (tertiary/aromatic N) is 5. The van der Waals surface area contributed by atoms with E-state index >= 15 is 0 Å². The zero-order valence-corrected chi connectivity index (χ0v) is 22.1. The average Bonchev–Trinajstić information content (AvgIpc) is 3.18. The van der Waals surface area contributed by atoms with Crippen molar-refractivity contribution >= 4 is 33.2 Å². The second-order valence-corrected chi connectivity index (χ2v) is 11.4. The topological polar surface area (TPSA) is 94.1 Å². The molecule has 9 nitrogen and oxygen atoms in total. The first-order valence-corrected chi connectivity index (χ1v) is 13.6. The summed E-state index contributed by atoms with van der Waals surface area (Å²) in [5.74, 6) is -0.136. The minimum atomic E-state index is -3.54. The fraction of sp³-hybridized carbons (Fsp3) is 0.522. The standard InChI is InChI=1S/C23H33N5O4S2/c1-6-28(7-2)34(31,32)19-10-8-18(9-11-19)22(29)27-14-12-26(13-15-27)16-20-24-17(3)21(33-20)23(30)25(4)5/h8-11H,6-7,12-16H2,1-5H3. The zero-order chi connectivity index (χ0) is 25.0. The van der Waals surface area contributed by atoms with Gasteiger partial charge in [-0.3, -0.25) is 14.5 Å². The minimum absolute atomic E-state index is 0.0346. The molecule has 1 aromatic carbocycles. The lowest BCUT2D eigenvalue weighted by Gasteiger charge is -2.34. The van der Waals surface area contributed by atoms with Crippen molar-refractivity contribution in [3.63, 3.8) is 0 Å². The smallest absolute Gasteiger partial charge is 0.265 e. The Morgan fingerprint density at radius 1 is 1.03 bits per heavy atom. The van der Waals surface area contributed by atoms with Crippen molar-refractivity contribution in [2.75, 3.05) is 53.4 Å². The number of carbonyl (C=O) groups excluding carboxylic acids is 2. The third kappa shape index (κ3) is 5.65. The summed E-state index contributed by atoms with van der Waals surface area (Å²) in [7, 11) is -0.0820. The highest BCUT2D eigenvalue weighted by atomic mass is 32.2. The molecule has 1 aliphatic rings. The second kappa shape index (κ2) is 10.9. The van der Waals surface area contributed by atoms with E-state index in [-0.39, 0.29) is 16.7 Å². The van der Waals surface area contributed by atoms with Crippen molar-refractivity contribution < 1.29 is 18.0 Å². The minimum Gasteiger partial charge on any atom is -0.344 e. The van der Waals surface area contributed by atoms with Gasteiger partial charge in [-0.2, -0.15) is 4.31 Å². The van der Waals surface area contributed by atoms with Crippen molar-refractivity contribution in [2.45, 2.75) is 32.2 Å². The Labute approximate surface area is 206 Å². The number of hydrogen-bond acceptors (Lipinski definition) is 7. The lowest BCUT2D eigenvalue weighted by Crippen LogP contribution is -2.48. The van der Waals surface area contributed by atoms with Crippen LogP contribution < -0.4 is 0 Å². The lowest BCUT2D eigenvalue weighted by atomic mass is 10.2. The maximum absolute atomic E-state index is 13.0. The van der Waals surface area contributed by atoms with E-state index in [0.29, 0.717) is 56.3 Å². The van der Waals surface area contributed by atoms with Gasteiger partial charge in [-0.1, -0.05) is 13.8 Å². The summed E-state index contributed by atoms with van der Waals surface area (Å²) < 4.78 is 26.7. The van der Waals surface area contributed by atoms with Gasteiger partial charge in [-0.05, 0) is 31.2 Å². The van der Waals surface area contributed by atoms with Gasteiger partial charge >= 0.3 is 0 Å². The Hall–Kier alpha value is -2.34. The molecule has 0 bridgehead atoms. The molecule has 3 rings (SSSR count). The normalized spacial score (nSPS) is 15.1. The predicted molar refractivity (Wildman–Crippen MR) is 133 cm³/mol. The van der Waals surface area contributed by atoms with Gasteiger partial charge in [0.1, 0.15) is 9.88 Å². The summed E-state index contributed by atoms with van der Waals surface area (Å²) in [5.41, 5.74) is 1.23. The van der Waals surface area contributed by atoms with Gasteiger partial charge < -0.3 is 9.80 Å². The van der Waals surface area contributed by atoms with Crippen molar-refractivity contribution in [1.29, 1.82) is 0 Å². The number of benzene rings is 1. The van der Waals surface area contributed by atoms with Gasteiger partial charge in [0.2, 0.25) is 10.0 Å². The molecule has 0 N–H and O–H groups in total. The average molecular weight is 508 g/mol. The predicted octanol–water partition coefficient (Wildman–Crippen LogP) is 2.14. The molecule has 1 saturated heterocycles. The molecule has 2 amide bonds. The zero-order valence-electron chi connectivity index (χ0n) is 20.4. The van der Waals surface area contributed by atoms with Crippen LogP contribution in [0.2, 0.25) is 0 Å². The maximum Gasteiger partial charge on any atom is 0.265 e. The summed E-state index contributed by atoms with van der Waals surface area (Å²) >= 11 is 1.42. The van der Waals surface area contributed by atoms with Gasteiger partial charge in [-0.15, -0.1) is 11.3 Å². The van der Waals surface area contributed by atoms with Crippen molar-refractivity contribution in [2.24, 2.45) is 0 Å². The molecule has 0 saturated carbocycles. The van der Waals surface area contributed by atoms with Crippen molar-refractivity contribution in [3.05, 3.63) is 45.4 Å². The molecule has 0 spiro atoms. The van der Waals surface area contributed by atoms with Crippen LogP contribution in [-0.2, 0) is 16.6 Å². The number of aryl methyl sites for hydroxylation is 1. The van der Waals surface area contributed by atoms with Crippen LogP contribution in [0.4, 0.5) is 0 Å². The third-order valence-corrected chi connectivity index (χ3v) is 9.10. The number of thiazole rings is 1. The summed E-state index contributed by atoms with van der Waals surface area (Å²) in [6.45, 7) is 9.46. The number of carbonyl (C=O) groups is 2. The van der Waals surface area contributed by atoms with Crippen LogP contribution in [0.3, 0.4) is 0 Å². The highest BCUT2D eigenvalue weighted by molar-refractivity contribution is 7.89. The Morgan fingerprint density at radius 3 is 2.15 bits per heavy atom. The quantitative estimate of drug-likeness (QED) is 0.544. The highest BCUT2D eigenvalue weighted by Gasteiger charge is 2.26. The molecule has 11 heteroatoms. The van der Waals surface area contributed by atoms with E-state index in [1.165, 1.54) is 27.8 Å². The molecule has 0 radical (unpaired) electrons. The molecule has 1 fully saturated rings. The van der Waals surface area contributed by atoms with E-state index in [1.807, 2.05) is 6.92 Å².